The lowest BCUT2D eigenvalue weighted by Gasteiger charge is -2.13. The van der Waals surface area contributed by atoms with E-state index in [1.807, 2.05) is 49.4 Å². The first kappa shape index (κ1) is 18.7. The molecule has 1 saturated heterocycles. The number of anilines is 1. The third-order valence-electron chi connectivity index (χ3n) is 4.41. The molecule has 1 aromatic carbocycles. The molecule has 0 atom stereocenters. The average Bonchev–Trinajstić information content (AvgIpc) is 3.39. The van der Waals surface area contributed by atoms with E-state index in [-0.39, 0.29) is 5.91 Å². The van der Waals surface area contributed by atoms with E-state index in [9.17, 15) is 4.79 Å². The zero-order valence-electron chi connectivity index (χ0n) is 15.6. The Kier molecular flexibility index (Phi) is 4.97. The minimum atomic E-state index is -0.243. The number of aromatic nitrogens is 2. The summed E-state index contributed by atoms with van der Waals surface area (Å²) in [6.45, 7) is 2.30. The van der Waals surface area contributed by atoms with Crippen molar-refractivity contribution in [3.8, 4) is 17.5 Å². The van der Waals surface area contributed by atoms with Crippen LogP contribution >= 0.6 is 12.2 Å². The Hall–Kier alpha value is -3.70. The summed E-state index contributed by atoms with van der Waals surface area (Å²) in [5.41, 5.74) is 2.35. The van der Waals surface area contributed by atoms with Crippen LogP contribution in [0.25, 0.3) is 17.5 Å². The van der Waals surface area contributed by atoms with Gasteiger partial charge in [0.15, 0.2) is 10.9 Å². The van der Waals surface area contributed by atoms with Crippen LogP contribution in [-0.2, 0) is 11.3 Å². The highest BCUT2D eigenvalue weighted by molar-refractivity contribution is 7.80. The fourth-order valence-electron chi connectivity index (χ4n) is 3.08. The van der Waals surface area contributed by atoms with E-state index in [1.165, 1.54) is 4.90 Å². The van der Waals surface area contributed by atoms with Crippen LogP contribution in [-0.4, -0.2) is 20.8 Å². The molecular weight excluding hydrogens is 386 g/mol. The van der Waals surface area contributed by atoms with Crippen LogP contribution in [0, 0.1) is 18.3 Å². The summed E-state index contributed by atoms with van der Waals surface area (Å²) in [5, 5.41) is 16.7. The van der Waals surface area contributed by atoms with Gasteiger partial charge in [0.1, 0.15) is 17.2 Å². The molecule has 4 rings (SSSR count). The molecule has 0 bridgehead atoms. The number of benzene rings is 1. The lowest BCUT2D eigenvalue weighted by atomic mass is 10.1. The van der Waals surface area contributed by atoms with E-state index in [4.69, 9.17) is 21.9 Å². The molecule has 0 saturated carbocycles. The molecule has 0 aliphatic carbocycles. The molecule has 7 nitrogen and oxygen atoms in total. The van der Waals surface area contributed by atoms with Crippen LogP contribution in [0.15, 0.2) is 58.8 Å². The lowest BCUT2D eigenvalue weighted by molar-refractivity contribution is -0.113. The highest BCUT2D eigenvalue weighted by Crippen LogP contribution is 2.28. The molecule has 8 heteroatoms. The predicted molar refractivity (Wildman–Crippen MR) is 113 cm³/mol. The van der Waals surface area contributed by atoms with E-state index in [0.29, 0.717) is 46.5 Å². The number of nitriles is 1. The molecular formula is C21H17N5O2S. The molecule has 0 spiro atoms. The number of hydrogen-bond donors (Lipinski definition) is 1. The highest BCUT2D eigenvalue weighted by atomic mass is 32.1. The van der Waals surface area contributed by atoms with Crippen molar-refractivity contribution in [2.24, 2.45) is 0 Å². The van der Waals surface area contributed by atoms with Crippen LogP contribution in [0.3, 0.4) is 0 Å². The number of para-hydroxylation sites is 1. The summed E-state index contributed by atoms with van der Waals surface area (Å²) in [6, 6.07) is 15.0. The molecule has 0 unspecified atom stereocenters. The number of rotatable bonds is 5. The van der Waals surface area contributed by atoms with Gasteiger partial charge in [0, 0.05) is 11.8 Å². The number of carbonyl (C=O) groups excluding carboxylic acids is 1. The van der Waals surface area contributed by atoms with Gasteiger partial charge in [-0.1, -0.05) is 18.2 Å². The topological polar surface area (TPSA) is 87.1 Å². The van der Waals surface area contributed by atoms with Crippen molar-refractivity contribution in [2.75, 3.05) is 4.90 Å². The Balaban J connectivity index is 1.72. The number of thiocarbonyl (C=S) groups is 1. The third kappa shape index (κ3) is 3.68. The second-order valence-electron chi connectivity index (χ2n) is 6.48. The van der Waals surface area contributed by atoms with Crippen molar-refractivity contribution in [3.05, 3.63) is 65.7 Å². The molecule has 3 aromatic rings. The van der Waals surface area contributed by atoms with Gasteiger partial charge in [-0.15, -0.1) is 0 Å². The first-order chi connectivity index (χ1) is 14.1. The van der Waals surface area contributed by atoms with Crippen molar-refractivity contribution >= 4 is 35.0 Å². The van der Waals surface area contributed by atoms with Gasteiger partial charge in [-0.05, 0) is 49.5 Å². The fraction of sp³-hybridized carbons (Fsp3) is 0.143. The summed E-state index contributed by atoms with van der Waals surface area (Å²) >= 11 is 5.36. The Morgan fingerprint density at radius 2 is 2.07 bits per heavy atom. The normalized spacial score (nSPS) is 15.0. The summed E-state index contributed by atoms with van der Waals surface area (Å²) in [6.07, 6.45) is 3.83. The number of nitrogens with zero attached hydrogens (tertiary/aromatic N) is 4. The largest absolute Gasteiger partial charge is 0.460 e. The summed E-state index contributed by atoms with van der Waals surface area (Å²) in [7, 11) is 0. The van der Waals surface area contributed by atoms with E-state index < -0.39 is 0 Å². The standard InChI is InChI=1S/C21H17N5O2S/c1-14-8-9-18(28-14)19-15(13-25(24-19)11-5-10-22)12-17-20(27)26(21(29)23-17)16-6-3-2-4-7-16/h2-4,6-9,12-13H,5,11H2,1H3,(H,23,29)/b17-12-. The number of hydrogen-bond acceptors (Lipinski definition) is 5. The molecule has 29 heavy (non-hydrogen) atoms. The van der Waals surface area contributed by atoms with Gasteiger partial charge in [-0.25, -0.2) is 0 Å². The van der Waals surface area contributed by atoms with Gasteiger partial charge >= 0.3 is 0 Å². The van der Waals surface area contributed by atoms with Gasteiger partial charge < -0.3 is 9.73 Å². The monoisotopic (exact) mass is 403 g/mol. The average molecular weight is 403 g/mol. The summed E-state index contributed by atoms with van der Waals surface area (Å²) in [5.74, 6) is 1.11. The first-order valence-electron chi connectivity index (χ1n) is 9.00. The van der Waals surface area contributed by atoms with Crippen molar-refractivity contribution in [2.45, 2.75) is 19.9 Å². The second kappa shape index (κ2) is 7.73. The number of carbonyl (C=O) groups is 1. The van der Waals surface area contributed by atoms with Crippen LogP contribution in [0.1, 0.15) is 17.7 Å². The van der Waals surface area contributed by atoms with Gasteiger partial charge in [0.05, 0.1) is 24.7 Å². The number of furan rings is 1. The molecule has 144 valence electrons. The maximum atomic E-state index is 13.0. The van der Waals surface area contributed by atoms with Crippen LogP contribution < -0.4 is 10.2 Å². The number of nitrogens with one attached hydrogen (secondary N) is 1. The molecule has 2 aromatic heterocycles. The van der Waals surface area contributed by atoms with Gasteiger partial charge in [-0.2, -0.15) is 10.4 Å². The zero-order chi connectivity index (χ0) is 20.4. The molecule has 1 aliphatic rings. The zero-order valence-corrected chi connectivity index (χ0v) is 16.4. The minimum absolute atomic E-state index is 0.243. The molecule has 1 aliphatic heterocycles. The van der Waals surface area contributed by atoms with Crippen LogP contribution in [0.2, 0.25) is 0 Å². The van der Waals surface area contributed by atoms with Gasteiger partial charge in [0.25, 0.3) is 5.91 Å². The first-order valence-corrected chi connectivity index (χ1v) is 9.41. The van der Waals surface area contributed by atoms with E-state index >= 15 is 0 Å². The Labute approximate surface area is 172 Å². The lowest BCUT2D eigenvalue weighted by Crippen LogP contribution is -2.30. The Morgan fingerprint density at radius 1 is 1.28 bits per heavy atom. The Bertz CT molecular complexity index is 1150. The minimum Gasteiger partial charge on any atom is -0.460 e. The fourth-order valence-corrected chi connectivity index (χ4v) is 3.38. The second-order valence-corrected chi connectivity index (χ2v) is 6.87. The van der Waals surface area contributed by atoms with Crippen LogP contribution in [0.5, 0.6) is 0 Å². The molecule has 1 fully saturated rings. The number of amides is 1. The maximum absolute atomic E-state index is 13.0. The van der Waals surface area contributed by atoms with Gasteiger partial charge in [0.2, 0.25) is 0 Å². The Morgan fingerprint density at radius 3 is 2.76 bits per heavy atom. The highest BCUT2D eigenvalue weighted by Gasteiger charge is 2.32. The van der Waals surface area contributed by atoms with E-state index in [2.05, 4.69) is 16.5 Å². The summed E-state index contributed by atoms with van der Waals surface area (Å²) in [4.78, 5) is 14.4. The summed E-state index contributed by atoms with van der Waals surface area (Å²) < 4.78 is 7.40. The van der Waals surface area contributed by atoms with Gasteiger partial charge in [-0.3, -0.25) is 14.4 Å². The third-order valence-corrected chi connectivity index (χ3v) is 4.69. The van der Waals surface area contributed by atoms with Crippen molar-refractivity contribution in [1.29, 1.82) is 5.26 Å². The van der Waals surface area contributed by atoms with E-state index in [1.54, 1.807) is 17.0 Å². The SMILES string of the molecule is Cc1ccc(-c2nn(CCC#N)cc2/C=C2\NC(=S)N(c3ccccc3)C2=O)o1. The smallest absolute Gasteiger partial charge is 0.281 e. The van der Waals surface area contributed by atoms with Crippen molar-refractivity contribution < 1.29 is 9.21 Å². The van der Waals surface area contributed by atoms with Crippen LogP contribution in [0.4, 0.5) is 5.69 Å². The van der Waals surface area contributed by atoms with Crippen molar-refractivity contribution in [3.63, 3.8) is 0 Å². The molecule has 3 heterocycles. The number of aryl methyl sites for hydroxylation is 2. The van der Waals surface area contributed by atoms with E-state index in [0.717, 1.165) is 5.76 Å². The van der Waals surface area contributed by atoms with Crippen molar-refractivity contribution in [1.82, 2.24) is 15.1 Å². The molecule has 0 radical (unpaired) electrons. The predicted octanol–water partition coefficient (Wildman–Crippen LogP) is 3.63. The molecule has 1 N–H and O–H groups in total. The maximum Gasteiger partial charge on any atom is 0.281 e. The quantitative estimate of drug-likeness (QED) is 0.517. The molecule has 1 amide bonds.